The topological polar surface area (TPSA) is 35.2 Å². The van der Waals surface area contributed by atoms with Crippen LogP contribution in [-0.4, -0.2) is 4.99 Å². The Hall–Kier alpha value is -2.01. The van der Waals surface area contributed by atoms with Gasteiger partial charge in [0, 0.05) is 5.56 Å². The van der Waals surface area contributed by atoms with Crippen molar-refractivity contribution in [1.82, 2.24) is 0 Å². The lowest BCUT2D eigenvalue weighted by Gasteiger charge is -2.11. The van der Waals surface area contributed by atoms with Crippen LogP contribution < -0.4 is 10.5 Å². The predicted molar refractivity (Wildman–Crippen MR) is 73.0 cm³/mol. The maximum atomic E-state index is 13.4. The van der Waals surface area contributed by atoms with Crippen molar-refractivity contribution in [2.45, 2.75) is 6.61 Å². The van der Waals surface area contributed by atoms with Gasteiger partial charge in [0.1, 0.15) is 11.6 Å². The fourth-order valence-corrected chi connectivity index (χ4v) is 1.86. The zero-order valence-electron chi connectivity index (χ0n) is 9.90. The second-order valence-electron chi connectivity index (χ2n) is 3.86. The molecule has 0 aromatic heterocycles. The van der Waals surface area contributed by atoms with Crippen molar-refractivity contribution in [3.05, 3.63) is 65.2 Å². The number of hydrogen-bond acceptors (Lipinski definition) is 2. The number of ether oxygens (including phenoxy) is 1. The van der Waals surface area contributed by atoms with Crippen LogP contribution in [0.5, 0.6) is 5.75 Å². The van der Waals surface area contributed by atoms with Gasteiger partial charge in [0.15, 0.2) is 17.4 Å². The minimum Gasteiger partial charge on any atom is -0.483 e. The van der Waals surface area contributed by atoms with Gasteiger partial charge in [0.25, 0.3) is 0 Å². The van der Waals surface area contributed by atoms with Crippen molar-refractivity contribution in [3.8, 4) is 5.75 Å². The Labute approximate surface area is 114 Å². The van der Waals surface area contributed by atoms with Crippen LogP contribution in [0.2, 0.25) is 0 Å². The summed E-state index contributed by atoms with van der Waals surface area (Å²) in [7, 11) is 0. The Morgan fingerprint density at radius 1 is 1.05 bits per heavy atom. The third kappa shape index (κ3) is 3.06. The number of para-hydroxylation sites is 1. The molecule has 0 heterocycles. The Kier molecular flexibility index (Phi) is 4.06. The highest BCUT2D eigenvalue weighted by atomic mass is 32.1. The van der Waals surface area contributed by atoms with Crippen LogP contribution in [0, 0.1) is 11.6 Å². The molecule has 5 heteroatoms. The molecule has 0 spiro atoms. The van der Waals surface area contributed by atoms with Gasteiger partial charge in [-0.25, -0.2) is 8.78 Å². The molecule has 2 nitrogen and oxygen atoms in total. The molecule has 2 N–H and O–H groups in total. The first-order valence-electron chi connectivity index (χ1n) is 5.54. The molecule has 0 unspecified atom stereocenters. The molecule has 0 aliphatic rings. The van der Waals surface area contributed by atoms with Crippen LogP contribution in [0.3, 0.4) is 0 Å². The van der Waals surface area contributed by atoms with Crippen molar-refractivity contribution in [3.63, 3.8) is 0 Å². The molecule has 2 rings (SSSR count). The predicted octanol–water partition coefficient (Wildman–Crippen LogP) is 3.18. The van der Waals surface area contributed by atoms with Gasteiger partial charge < -0.3 is 10.5 Å². The fraction of sp³-hybridized carbons (Fsp3) is 0.0714. The van der Waals surface area contributed by atoms with E-state index in [0.29, 0.717) is 11.1 Å². The van der Waals surface area contributed by atoms with E-state index in [1.54, 1.807) is 24.3 Å². The Morgan fingerprint density at radius 3 is 2.32 bits per heavy atom. The molecular formula is C14H11F2NOS. The second-order valence-corrected chi connectivity index (χ2v) is 4.30. The highest BCUT2D eigenvalue weighted by Crippen LogP contribution is 2.22. The zero-order valence-corrected chi connectivity index (χ0v) is 10.7. The second kappa shape index (κ2) is 5.75. The van der Waals surface area contributed by atoms with Gasteiger partial charge in [-0.05, 0) is 17.7 Å². The average molecular weight is 279 g/mol. The maximum absolute atomic E-state index is 13.4. The molecule has 0 fully saturated rings. The Morgan fingerprint density at radius 2 is 1.68 bits per heavy atom. The molecule has 2 aromatic carbocycles. The number of nitrogens with two attached hydrogens (primary N) is 1. The molecule has 0 saturated heterocycles. The molecule has 2 aromatic rings. The summed E-state index contributed by atoms with van der Waals surface area (Å²) in [6.07, 6.45) is 0. The lowest BCUT2D eigenvalue weighted by Crippen LogP contribution is -2.13. The normalized spacial score (nSPS) is 10.2. The van der Waals surface area contributed by atoms with E-state index in [1.165, 1.54) is 6.07 Å². The van der Waals surface area contributed by atoms with Crippen molar-refractivity contribution in [1.29, 1.82) is 0 Å². The van der Waals surface area contributed by atoms with Crippen LogP contribution in [0.4, 0.5) is 8.78 Å². The number of hydrogen-bond donors (Lipinski definition) is 1. The van der Waals surface area contributed by atoms with E-state index in [1.807, 2.05) is 0 Å². The molecular weight excluding hydrogens is 268 g/mol. The lowest BCUT2D eigenvalue weighted by atomic mass is 10.1. The number of halogens is 2. The monoisotopic (exact) mass is 279 g/mol. The van der Waals surface area contributed by atoms with Crippen LogP contribution in [0.25, 0.3) is 0 Å². The lowest BCUT2D eigenvalue weighted by molar-refractivity contribution is 0.274. The largest absolute Gasteiger partial charge is 0.483 e. The van der Waals surface area contributed by atoms with Crippen molar-refractivity contribution < 1.29 is 13.5 Å². The summed E-state index contributed by atoms with van der Waals surface area (Å²) in [4.78, 5) is 0.216. The maximum Gasteiger partial charge on any atom is 0.191 e. The smallest absolute Gasteiger partial charge is 0.191 e. The summed E-state index contributed by atoms with van der Waals surface area (Å²) >= 11 is 4.91. The minimum atomic E-state index is -0.743. The zero-order chi connectivity index (χ0) is 13.8. The Balaban J connectivity index is 2.22. The highest BCUT2D eigenvalue weighted by molar-refractivity contribution is 7.80. The van der Waals surface area contributed by atoms with Crippen molar-refractivity contribution >= 4 is 17.2 Å². The minimum absolute atomic E-state index is 0.00856. The van der Waals surface area contributed by atoms with E-state index in [4.69, 9.17) is 22.7 Å². The summed E-state index contributed by atoms with van der Waals surface area (Å²) in [5.41, 5.74) is 6.88. The van der Waals surface area contributed by atoms with Gasteiger partial charge in [-0.2, -0.15) is 0 Å². The van der Waals surface area contributed by atoms with Gasteiger partial charge in [-0.15, -0.1) is 0 Å². The van der Waals surface area contributed by atoms with Gasteiger partial charge in [-0.1, -0.05) is 42.5 Å². The van der Waals surface area contributed by atoms with E-state index in [-0.39, 0.29) is 11.6 Å². The SMILES string of the molecule is NC(=S)c1ccccc1COc1c(F)cccc1F. The average Bonchev–Trinajstić information content (AvgIpc) is 2.38. The van der Waals surface area contributed by atoms with E-state index < -0.39 is 17.4 Å². The molecule has 0 aliphatic carbocycles. The van der Waals surface area contributed by atoms with E-state index >= 15 is 0 Å². The first-order chi connectivity index (χ1) is 9.09. The quantitative estimate of drug-likeness (QED) is 0.873. The fourth-order valence-electron chi connectivity index (χ4n) is 1.66. The van der Waals surface area contributed by atoms with Crippen LogP contribution >= 0.6 is 12.2 Å². The highest BCUT2D eigenvalue weighted by Gasteiger charge is 2.11. The molecule has 0 aliphatic heterocycles. The van der Waals surface area contributed by atoms with Gasteiger partial charge in [0.2, 0.25) is 0 Å². The van der Waals surface area contributed by atoms with Gasteiger partial charge >= 0.3 is 0 Å². The third-order valence-electron chi connectivity index (χ3n) is 2.57. The first kappa shape index (κ1) is 13.4. The third-order valence-corrected chi connectivity index (χ3v) is 2.79. The summed E-state index contributed by atoms with van der Waals surface area (Å²) < 4.78 is 32.0. The standard InChI is InChI=1S/C14H11F2NOS/c15-11-6-3-7-12(16)13(11)18-8-9-4-1-2-5-10(9)14(17)19/h1-7H,8H2,(H2,17,19). The van der Waals surface area contributed by atoms with Gasteiger partial charge in [0.05, 0.1) is 0 Å². The molecule has 0 radical (unpaired) electrons. The summed E-state index contributed by atoms with van der Waals surface area (Å²) in [5.74, 6) is -1.89. The summed E-state index contributed by atoms with van der Waals surface area (Å²) in [5, 5.41) is 0. The first-order valence-corrected chi connectivity index (χ1v) is 5.95. The molecule has 0 saturated carbocycles. The van der Waals surface area contributed by atoms with Crippen molar-refractivity contribution in [2.24, 2.45) is 5.73 Å². The van der Waals surface area contributed by atoms with E-state index in [0.717, 1.165) is 12.1 Å². The Bertz CT molecular complexity index is 596. The molecule has 98 valence electrons. The number of benzene rings is 2. The van der Waals surface area contributed by atoms with E-state index in [2.05, 4.69) is 0 Å². The van der Waals surface area contributed by atoms with Crippen LogP contribution in [-0.2, 0) is 6.61 Å². The van der Waals surface area contributed by atoms with Crippen molar-refractivity contribution in [2.75, 3.05) is 0 Å². The molecule has 19 heavy (non-hydrogen) atoms. The molecule has 0 atom stereocenters. The summed E-state index contributed by atoms with van der Waals surface area (Å²) in [6, 6.07) is 10.6. The number of thiocarbonyl (C=S) groups is 1. The van der Waals surface area contributed by atoms with E-state index in [9.17, 15) is 8.78 Å². The van der Waals surface area contributed by atoms with Gasteiger partial charge in [-0.3, -0.25) is 0 Å². The molecule has 0 amide bonds. The molecule has 0 bridgehead atoms. The van der Waals surface area contributed by atoms with Crippen LogP contribution in [0.1, 0.15) is 11.1 Å². The van der Waals surface area contributed by atoms with Crippen LogP contribution in [0.15, 0.2) is 42.5 Å². The summed E-state index contributed by atoms with van der Waals surface area (Å²) in [6.45, 7) is -0.00856. The number of rotatable bonds is 4.